The molecule has 1 N–H and O–H groups in total. The van der Waals surface area contributed by atoms with E-state index in [1.807, 2.05) is 19.1 Å². The molecule has 1 fully saturated rings. The third-order valence-corrected chi connectivity index (χ3v) is 7.67. The highest BCUT2D eigenvalue weighted by Gasteiger charge is 2.34. The second kappa shape index (κ2) is 11.8. The quantitative estimate of drug-likeness (QED) is 0.393. The van der Waals surface area contributed by atoms with E-state index in [1.165, 1.54) is 0 Å². The monoisotopic (exact) mass is 541 g/mol. The molecule has 8 nitrogen and oxygen atoms in total. The van der Waals surface area contributed by atoms with Gasteiger partial charge in [0.25, 0.3) is 0 Å². The lowest BCUT2D eigenvalue weighted by Crippen LogP contribution is -2.37. The van der Waals surface area contributed by atoms with Gasteiger partial charge in [-0.15, -0.1) is 0 Å². The number of fused-ring (bicyclic) bond motifs is 1. The summed E-state index contributed by atoms with van der Waals surface area (Å²) in [6.07, 6.45) is 0.860. The van der Waals surface area contributed by atoms with Crippen molar-refractivity contribution < 1.29 is 28.1 Å². The van der Waals surface area contributed by atoms with Crippen molar-refractivity contribution in [3.63, 3.8) is 0 Å². The van der Waals surface area contributed by atoms with Crippen LogP contribution in [0.4, 0.5) is 10.1 Å². The number of rotatable bonds is 11. The van der Waals surface area contributed by atoms with Gasteiger partial charge >= 0.3 is 0 Å². The number of carbonyl (C=O) groups excluding carboxylic acids is 1. The van der Waals surface area contributed by atoms with Crippen LogP contribution in [-0.2, 0) is 16.7 Å². The number of hydrogen-bond acceptors (Lipinski definition) is 7. The molecule has 0 bridgehead atoms. The Morgan fingerprint density at radius 3 is 2.38 bits per heavy atom. The molecule has 0 amide bonds. The van der Waals surface area contributed by atoms with Gasteiger partial charge in [-0.3, -0.25) is 10.2 Å². The van der Waals surface area contributed by atoms with Gasteiger partial charge in [-0.2, -0.15) is 0 Å². The van der Waals surface area contributed by atoms with Gasteiger partial charge in [0.1, 0.15) is 11.6 Å². The fourth-order valence-corrected chi connectivity index (χ4v) is 5.14. The van der Waals surface area contributed by atoms with Crippen LogP contribution in [0.2, 0.25) is 0 Å². The van der Waals surface area contributed by atoms with Crippen molar-refractivity contribution in [1.29, 1.82) is 5.41 Å². The summed E-state index contributed by atoms with van der Waals surface area (Å²) in [6.45, 7) is 13.4. The first-order valence-corrected chi connectivity index (χ1v) is 13.7. The Hall–Kier alpha value is -3.33. The first-order chi connectivity index (χ1) is 18.7. The van der Waals surface area contributed by atoms with E-state index in [0.717, 1.165) is 23.4 Å². The molecule has 2 aromatic carbocycles. The molecule has 2 aromatic rings. The highest BCUT2D eigenvalue weighted by Crippen LogP contribution is 2.43. The van der Waals surface area contributed by atoms with Gasteiger partial charge < -0.3 is 28.7 Å². The SMILES string of the molecule is CCOc1cc2c(c(F)c1OCC)C(=N)N(CC(=O)c1cc(N3CCOCC3)c(OC)c(C(C)(C)CC)c1)C2. The molecule has 4 rings (SSSR count). The predicted octanol–water partition coefficient (Wildman–Crippen LogP) is 5.18. The average molecular weight is 542 g/mol. The van der Waals surface area contributed by atoms with Crippen LogP contribution in [0.5, 0.6) is 17.2 Å². The lowest BCUT2D eigenvalue weighted by molar-refractivity contribution is 0.0962. The van der Waals surface area contributed by atoms with Crippen molar-refractivity contribution >= 4 is 17.3 Å². The summed E-state index contributed by atoms with van der Waals surface area (Å²) in [5.74, 6) is 0.296. The number of ketones is 1. The predicted molar refractivity (Wildman–Crippen MR) is 150 cm³/mol. The first-order valence-electron chi connectivity index (χ1n) is 13.7. The number of nitrogens with zero attached hydrogens (tertiary/aromatic N) is 2. The highest BCUT2D eigenvalue weighted by molar-refractivity contribution is 6.06. The van der Waals surface area contributed by atoms with Crippen molar-refractivity contribution in [2.45, 2.75) is 53.0 Å². The Morgan fingerprint density at radius 1 is 1.08 bits per heavy atom. The van der Waals surface area contributed by atoms with Crippen molar-refractivity contribution in [3.05, 3.63) is 46.3 Å². The molecule has 0 atom stereocenters. The van der Waals surface area contributed by atoms with Gasteiger partial charge in [0, 0.05) is 30.8 Å². The molecule has 0 aliphatic carbocycles. The van der Waals surface area contributed by atoms with Crippen LogP contribution in [0, 0.1) is 11.2 Å². The molecule has 0 radical (unpaired) electrons. The van der Waals surface area contributed by atoms with E-state index in [9.17, 15) is 4.79 Å². The number of Topliss-reactive ketones (excluding diaryl/α,β-unsaturated/α-hetero) is 1. The number of hydrogen-bond donors (Lipinski definition) is 1. The summed E-state index contributed by atoms with van der Waals surface area (Å²) in [5.41, 5.74) is 2.92. The first kappa shape index (κ1) is 28.7. The van der Waals surface area contributed by atoms with Crippen LogP contribution in [0.15, 0.2) is 18.2 Å². The third kappa shape index (κ3) is 5.55. The zero-order valence-electron chi connectivity index (χ0n) is 23.9. The number of morpholine rings is 1. The van der Waals surface area contributed by atoms with Gasteiger partial charge in [-0.05, 0) is 49.4 Å². The molecule has 2 aliphatic rings. The molecule has 2 aliphatic heterocycles. The number of anilines is 1. The van der Waals surface area contributed by atoms with Crippen molar-refractivity contribution in [3.8, 4) is 17.2 Å². The fourth-order valence-electron chi connectivity index (χ4n) is 5.14. The van der Waals surface area contributed by atoms with Gasteiger partial charge in [0.15, 0.2) is 23.1 Å². The van der Waals surface area contributed by atoms with E-state index in [1.54, 1.807) is 25.0 Å². The molecule has 0 spiro atoms. The molecular formula is C30H40FN3O5. The van der Waals surface area contributed by atoms with Gasteiger partial charge in [-0.1, -0.05) is 20.8 Å². The Balaban J connectivity index is 1.68. The Morgan fingerprint density at radius 2 is 1.77 bits per heavy atom. The van der Waals surface area contributed by atoms with Crippen LogP contribution in [-0.4, -0.2) is 69.7 Å². The Kier molecular flexibility index (Phi) is 8.69. The molecule has 0 aromatic heterocycles. The summed E-state index contributed by atoms with van der Waals surface area (Å²) >= 11 is 0. The fraction of sp³-hybridized carbons (Fsp3) is 0.533. The van der Waals surface area contributed by atoms with Gasteiger partial charge in [0.05, 0.1) is 51.3 Å². The minimum atomic E-state index is -0.621. The van der Waals surface area contributed by atoms with Crippen LogP contribution < -0.4 is 19.1 Å². The molecule has 0 unspecified atom stereocenters. The number of nitrogens with one attached hydrogen (secondary N) is 1. The molecule has 2 heterocycles. The number of ether oxygens (including phenoxy) is 4. The van der Waals surface area contributed by atoms with E-state index < -0.39 is 5.82 Å². The summed E-state index contributed by atoms with van der Waals surface area (Å²) in [7, 11) is 1.67. The largest absolute Gasteiger partial charge is 0.494 e. The number of halogens is 1. The molecule has 0 saturated carbocycles. The van der Waals surface area contributed by atoms with Gasteiger partial charge in [-0.25, -0.2) is 4.39 Å². The standard InChI is InChI=1S/C30H40FN3O5/c1-7-30(4,5)21-14-19(15-22(27(21)36-6)33-10-12-37-13-11-33)23(35)18-34-17-20-16-24(38-8-2)28(39-9-3)26(31)25(20)29(34)32/h14-16,32H,7-13,17-18H2,1-6H3. The molecular weight excluding hydrogens is 501 g/mol. The van der Waals surface area contributed by atoms with Crippen LogP contribution in [0.1, 0.15) is 68.1 Å². The summed E-state index contributed by atoms with van der Waals surface area (Å²) in [6, 6.07) is 5.52. The van der Waals surface area contributed by atoms with Crippen molar-refractivity contribution in [2.75, 3.05) is 58.1 Å². The van der Waals surface area contributed by atoms with E-state index >= 15 is 4.39 Å². The summed E-state index contributed by atoms with van der Waals surface area (Å²) in [4.78, 5) is 17.6. The normalized spacial score (nSPS) is 15.4. The van der Waals surface area contributed by atoms with Crippen LogP contribution in [0.3, 0.4) is 0 Å². The highest BCUT2D eigenvalue weighted by atomic mass is 19.1. The third-order valence-electron chi connectivity index (χ3n) is 7.67. The van der Waals surface area contributed by atoms with E-state index in [4.69, 9.17) is 24.4 Å². The number of benzene rings is 2. The Labute approximate surface area is 230 Å². The molecule has 212 valence electrons. The minimum Gasteiger partial charge on any atom is -0.494 e. The summed E-state index contributed by atoms with van der Waals surface area (Å²) in [5, 5.41) is 8.72. The van der Waals surface area contributed by atoms with Gasteiger partial charge in [0.2, 0.25) is 0 Å². The second-order valence-corrected chi connectivity index (χ2v) is 10.5. The topological polar surface area (TPSA) is 84.3 Å². The maximum atomic E-state index is 15.5. The lowest BCUT2D eigenvalue weighted by atomic mass is 9.80. The second-order valence-electron chi connectivity index (χ2n) is 10.5. The molecule has 39 heavy (non-hydrogen) atoms. The lowest BCUT2D eigenvalue weighted by Gasteiger charge is -2.34. The smallest absolute Gasteiger partial charge is 0.197 e. The van der Waals surface area contributed by atoms with Crippen LogP contribution >= 0.6 is 0 Å². The minimum absolute atomic E-state index is 0.00720. The number of carbonyl (C=O) groups is 1. The van der Waals surface area contributed by atoms with E-state index in [-0.39, 0.29) is 48.0 Å². The molecule has 1 saturated heterocycles. The zero-order chi connectivity index (χ0) is 28.3. The maximum absolute atomic E-state index is 15.5. The molecule has 9 heteroatoms. The average Bonchev–Trinajstić information content (AvgIpc) is 3.25. The van der Waals surface area contributed by atoms with E-state index in [0.29, 0.717) is 49.8 Å². The number of methoxy groups -OCH3 is 1. The van der Waals surface area contributed by atoms with Crippen LogP contribution in [0.25, 0.3) is 0 Å². The Bertz CT molecular complexity index is 1240. The number of amidine groups is 1. The van der Waals surface area contributed by atoms with Crippen molar-refractivity contribution in [2.24, 2.45) is 0 Å². The van der Waals surface area contributed by atoms with E-state index in [2.05, 4.69) is 25.7 Å². The maximum Gasteiger partial charge on any atom is 0.197 e. The van der Waals surface area contributed by atoms with Crippen molar-refractivity contribution in [1.82, 2.24) is 4.90 Å². The summed E-state index contributed by atoms with van der Waals surface area (Å²) < 4.78 is 38.1. The zero-order valence-corrected chi connectivity index (χ0v) is 23.9.